The highest BCUT2D eigenvalue weighted by atomic mass is 32.2. The SMILES string of the molecule is COc1ccccc1N1CCCN(C(=O)c2cccc(S(=O)(=O)Nc3ccc(C)cc3)c2)CC1. The van der Waals surface area contributed by atoms with Crippen molar-refractivity contribution >= 4 is 27.3 Å². The number of carbonyl (C=O) groups is 1. The molecule has 0 radical (unpaired) electrons. The topological polar surface area (TPSA) is 79.0 Å². The molecule has 0 unspecified atom stereocenters. The molecule has 0 bridgehead atoms. The molecule has 8 heteroatoms. The van der Waals surface area contributed by atoms with Crippen molar-refractivity contribution in [1.82, 2.24) is 4.90 Å². The maximum absolute atomic E-state index is 13.3. The van der Waals surface area contributed by atoms with Crippen LogP contribution < -0.4 is 14.4 Å². The van der Waals surface area contributed by atoms with E-state index >= 15 is 0 Å². The number of benzene rings is 3. The monoisotopic (exact) mass is 479 g/mol. The number of aryl methyl sites for hydroxylation is 1. The Balaban J connectivity index is 1.48. The molecule has 1 amide bonds. The molecule has 0 aliphatic carbocycles. The molecule has 4 rings (SSSR count). The van der Waals surface area contributed by atoms with Gasteiger partial charge in [-0.05, 0) is 55.8 Å². The van der Waals surface area contributed by atoms with Gasteiger partial charge in [-0.3, -0.25) is 9.52 Å². The zero-order valence-electron chi connectivity index (χ0n) is 19.4. The highest BCUT2D eigenvalue weighted by molar-refractivity contribution is 7.92. The van der Waals surface area contributed by atoms with Gasteiger partial charge in [-0.2, -0.15) is 0 Å². The quantitative estimate of drug-likeness (QED) is 0.575. The zero-order chi connectivity index (χ0) is 24.1. The van der Waals surface area contributed by atoms with Crippen molar-refractivity contribution < 1.29 is 17.9 Å². The summed E-state index contributed by atoms with van der Waals surface area (Å²) in [5.74, 6) is 0.635. The first-order valence-electron chi connectivity index (χ1n) is 11.2. The maximum atomic E-state index is 13.3. The van der Waals surface area contributed by atoms with Crippen LogP contribution in [0.25, 0.3) is 0 Å². The summed E-state index contributed by atoms with van der Waals surface area (Å²) in [7, 11) is -2.16. The first-order valence-corrected chi connectivity index (χ1v) is 12.7. The highest BCUT2D eigenvalue weighted by Crippen LogP contribution is 2.28. The maximum Gasteiger partial charge on any atom is 0.261 e. The van der Waals surface area contributed by atoms with Crippen LogP contribution in [0.3, 0.4) is 0 Å². The Morgan fingerprint density at radius 2 is 1.68 bits per heavy atom. The Labute approximate surface area is 201 Å². The van der Waals surface area contributed by atoms with Gasteiger partial charge < -0.3 is 14.5 Å². The molecule has 1 aliphatic heterocycles. The van der Waals surface area contributed by atoms with E-state index in [1.165, 1.54) is 12.1 Å². The van der Waals surface area contributed by atoms with E-state index in [-0.39, 0.29) is 10.8 Å². The van der Waals surface area contributed by atoms with E-state index in [9.17, 15) is 13.2 Å². The van der Waals surface area contributed by atoms with Gasteiger partial charge in [0.15, 0.2) is 0 Å². The molecule has 1 saturated heterocycles. The zero-order valence-corrected chi connectivity index (χ0v) is 20.2. The number of sulfonamides is 1. The van der Waals surface area contributed by atoms with Gasteiger partial charge in [-0.15, -0.1) is 0 Å². The predicted molar refractivity (Wildman–Crippen MR) is 134 cm³/mol. The molecular formula is C26H29N3O4S. The Bertz CT molecular complexity index is 1260. The average Bonchev–Trinajstić information content (AvgIpc) is 3.11. The minimum absolute atomic E-state index is 0.0596. The van der Waals surface area contributed by atoms with Crippen molar-refractivity contribution in [3.63, 3.8) is 0 Å². The minimum atomic E-state index is -3.82. The Morgan fingerprint density at radius 3 is 2.44 bits per heavy atom. The molecule has 1 heterocycles. The predicted octanol–water partition coefficient (Wildman–Crippen LogP) is 4.16. The molecule has 0 atom stereocenters. The molecule has 1 N–H and O–H groups in total. The third kappa shape index (κ3) is 5.34. The van der Waals surface area contributed by atoms with Gasteiger partial charge in [-0.1, -0.05) is 35.9 Å². The lowest BCUT2D eigenvalue weighted by Gasteiger charge is -2.25. The van der Waals surface area contributed by atoms with Crippen molar-refractivity contribution in [2.75, 3.05) is 42.9 Å². The number of rotatable bonds is 6. The van der Waals surface area contributed by atoms with Crippen molar-refractivity contribution in [3.8, 4) is 5.75 Å². The number of anilines is 2. The summed E-state index contributed by atoms with van der Waals surface area (Å²) in [5, 5.41) is 0. The van der Waals surface area contributed by atoms with Crippen LogP contribution in [0.1, 0.15) is 22.3 Å². The van der Waals surface area contributed by atoms with E-state index in [1.807, 2.05) is 43.3 Å². The van der Waals surface area contributed by atoms with Crippen LogP contribution in [-0.2, 0) is 10.0 Å². The van der Waals surface area contributed by atoms with Crippen LogP contribution in [0.2, 0.25) is 0 Å². The number of amides is 1. The van der Waals surface area contributed by atoms with E-state index in [0.717, 1.165) is 30.0 Å². The largest absolute Gasteiger partial charge is 0.495 e. The van der Waals surface area contributed by atoms with Crippen LogP contribution in [0.5, 0.6) is 5.75 Å². The number of ether oxygens (including phenoxy) is 1. The lowest BCUT2D eigenvalue weighted by Crippen LogP contribution is -2.35. The number of para-hydroxylation sites is 2. The molecule has 1 aliphatic rings. The summed E-state index contributed by atoms with van der Waals surface area (Å²) in [6.45, 7) is 4.54. The van der Waals surface area contributed by atoms with Crippen LogP contribution in [0, 0.1) is 6.92 Å². The van der Waals surface area contributed by atoms with E-state index < -0.39 is 10.0 Å². The van der Waals surface area contributed by atoms with E-state index in [4.69, 9.17) is 4.74 Å². The van der Waals surface area contributed by atoms with Crippen molar-refractivity contribution in [1.29, 1.82) is 0 Å². The molecule has 3 aromatic rings. The van der Waals surface area contributed by atoms with Crippen molar-refractivity contribution in [2.24, 2.45) is 0 Å². The third-order valence-corrected chi connectivity index (χ3v) is 7.28. The lowest BCUT2D eigenvalue weighted by atomic mass is 10.2. The second-order valence-electron chi connectivity index (χ2n) is 8.30. The van der Waals surface area contributed by atoms with Crippen LogP contribution >= 0.6 is 0 Å². The van der Waals surface area contributed by atoms with Gasteiger partial charge in [-0.25, -0.2) is 8.42 Å². The second kappa shape index (κ2) is 10.2. The molecule has 178 valence electrons. The molecule has 34 heavy (non-hydrogen) atoms. The molecule has 0 saturated carbocycles. The lowest BCUT2D eigenvalue weighted by molar-refractivity contribution is 0.0767. The number of methoxy groups -OCH3 is 1. The number of nitrogens with one attached hydrogen (secondary N) is 1. The fourth-order valence-electron chi connectivity index (χ4n) is 4.07. The Morgan fingerprint density at radius 1 is 0.912 bits per heavy atom. The fourth-order valence-corrected chi connectivity index (χ4v) is 5.17. The van der Waals surface area contributed by atoms with Crippen LogP contribution in [-0.4, -0.2) is 52.5 Å². The van der Waals surface area contributed by atoms with Crippen molar-refractivity contribution in [2.45, 2.75) is 18.2 Å². The smallest absolute Gasteiger partial charge is 0.261 e. The van der Waals surface area contributed by atoms with E-state index in [0.29, 0.717) is 30.9 Å². The molecule has 3 aromatic carbocycles. The molecular weight excluding hydrogens is 450 g/mol. The normalized spacial score (nSPS) is 14.4. The number of carbonyl (C=O) groups excluding carboxylic acids is 1. The molecule has 1 fully saturated rings. The summed E-state index contributed by atoms with van der Waals surface area (Å²) in [5.41, 5.74) is 2.88. The van der Waals surface area contributed by atoms with E-state index in [2.05, 4.69) is 9.62 Å². The number of nitrogens with zero attached hydrogens (tertiary/aromatic N) is 2. The van der Waals surface area contributed by atoms with Gasteiger partial charge in [0.25, 0.3) is 15.9 Å². The van der Waals surface area contributed by atoms with Gasteiger partial charge in [0.2, 0.25) is 0 Å². The van der Waals surface area contributed by atoms with Gasteiger partial charge in [0.05, 0.1) is 17.7 Å². The summed E-state index contributed by atoms with van der Waals surface area (Å²) in [6, 6.07) is 21.2. The first kappa shape index (κ1) is 23.6. The molecule has 0 aromatic heterocycles. The summed E-state index contributed by atoms with van der Waals surface area (Å²) >= 11 is 0. The van der Waals surface area contributed by atoms with Crippen molar-refractivity contribution in [3.05, 3.63) is 83.9 Å². The molecule has 0 spiro atoms. The van der Waals surface area contributed by atoms with Gasteiger partial charge in [0, 0.05) is 37.4 Å². The van der Waals surface area contributed by atoms with Crippen LogP contribution in [0.15, 0.2) is 77.7 Å². The number of hydrogen-bond acceptors (Lipinski definition) is 5. The first-order chi connectivity index (χ1) is 16.4. The average molecular weight is 480 g/mol. The number of hydrogen-bond donors (Lipinski definition) is 1. The summed E-state index contributed by atoms with van der Waals surface area (Å²) in [4.78, 5) is 17.3. The van der Waals surface area contributed by atoms with E-state index in [1.54, 1.807) is 36.3 Å². The third-order valence-electron chi connectivity index (χ3n) is 5.90. The fraction of sp³-hybridized carbons (Fsp3) is 0.269. The molecule has 7 nitrogen and oxygen atoms in total. The minimum Gasteiger partial charge on any atom is -0.495 e. The summed E-state index contributed by atoms with van der Waals surface area (Å²) < 4.78 is 33.9. The highest BCUT2D eigenvalue weighted by Gasteiger charge is 2.23. The Kier molecular flexibility index (Phi) is 7.07. The van der Waals surface area contributed by atoms with Crippen LogP contribution in [0.4, 0.5) is 11.4 Å². The Hall–Kier alpha value is -3.52. The van der Waals surface area contributed by atoms with Gasteiger partial charge in [0.1, 0.15) is 5.75 Å². The standard InChI is InChI=1S/C26H29N3O4S/c1-20-11-13-22(14-12-20)27-34(31,32)23-8-5-7-21(19-23)26(30)29-16-6-15-28(17-18-29)24-9-3-4-10-25(24)33-2/h3-5,7-14,19,27H,6,15-18H2,1-2H3. The second-order valence-corrected chi connectivity index (χ2v) is 9.99. The summed E-state index contributed by atoms with van der Waals surface area (Å²) in [6.07, 6.45) is 0.802. The van der Waals surface area contributed by atoms with Gasteiger partial charge >= 0.3 is 0 Å².